The van der Waals surface area contributed by atoms with E-state index in [9.17, 15) is 9.59 Å². The van der Waals surface area contributed by atoms with E-state index in [0.29, 0.717) is 6.61 Å². The first-order valence-electron chi connectivity index (χ1n) is 5.20. The maximum atomic E-state index is 11.3. The van der Waals surface area contributed by atoms with Gasteiger partial charge < -0.3 is 14.2 Å². The Morgan fingerprint density at radius 2 is 2.00 bits per heavy atom. The summed E-state index contributed by atoms with van der Waals surface area (Å²) >= 11 is 0. The highest BCUT2D eigenvalue weighted by atomic mass is 16.6. The highest BCUT2D eigenvalue weighted by molar-refractivity contribution is 5.81. The molecule has 2 aliphatic rings. The van der Waals surface area contributed by atoms with Crippen molar-refractivity contribution in [3.8, 4) is 0 Å². The van der Waals surface area contributed by atoms with Crippen molar-refractivity contribution >= 4 is 11.8 Å². The zero-order valence-corrected chi connectivity index (χ0v) is 9.05. The number of Topliss-reactive ketones (excluding diaryl/α,β-unsaturated/α-hetero) is 1. The van der Waals surface area contributed by atoms with Crippen molar-refractivity contribution in [3.63, 3.8) is 0 Å². The molecule has 2 heterocycles. The van der Waals surface area contributed by atoms with Gasteiger partial charge in [-0.05, 0) is 6.92 Å². The molecule has 0 bridgehead atoms. The second-order valence-electron chi connectivity index (χ2n) is 3.99. The molecule has 0 aromatic heterocycles. The van der Waals surface area contributed by atoms with Crippen LogP contribution < -0.4 is 0 Å². The highest BCUT2D eigenvalue weighted by Gasteiger charge is 2.50. The van der Waals surface area contributed by atoms with E-state index >= 15 is 0 Å². The zero-order chi connectivity index (χ0) is 11.7. The average molecular weight is 226 g/mol. The zero-order valence-electron chi connectivity index (χ0n) is 9.05. The summed E-state index contributed by atoms with van der Waals surface area (Å²) in [5.74, 6) is -0.690. The number of rotatable bonds is 3. The molecule has 0 spiro atoms. The minimum absolute atomic E-state index is 0.0446. The van der Waals surface area contributed by atoms with E-state index in [2.05, 4.69) is 6.58 Å². The third-order valence-corrected chi connectivity index (χ3v) is 2.96. The largest absolute Gasteiger partial charge is 0.454 e. The molecule has 0 unspecified atom stereocenters. The third-order valence-electron chi connectivity index (χ3n) is 2.96. The van der Waals surface area contributed by atoms with Crippen LogP contribution >= 0.6 is 0 Å². The van der Waals surface area contributed by atoms with E-state index in [1.165, 1.54) is 6.92 Å². The van der Waals surface area contributed by atoms with Gasteiger partial charge in [-0.15, -0.1) is 0 Å². The van der Waals surface area contributed by atoms with Crippen molar-refractivity contribution in [2.24, 2.45) is 5.92 Å². The number of carbonyl (C=O) groups is 2. The molecule has 0 amide bonds. The van der Waals surface area contributed by atoms with Gasteiger partial charge in [0.25, 0.3) is 0 Å². The molecular formula is C11H14O5. The molecule has 4 atom stereocenters. The van der Waals surface area contributed by atoms with E-state index in [4.69, 9.17) is 14.2 Å². The third kappa shape index (κ3) is 1.88. The summed E-state index contributed by atoms with van der Waals surface area (Å²) in [6, 6.07) is 0. The molecular weight excluding hydrogens is 212 g/mol. The van der Waals surface area contributed by atoms with Crippen LogP contribution in [0.2, 0.25) is 0 Å². The maximum absolute atomic E-state index is 11.3. The van der Waals surface area contributed by atoms with Gasteiger partial charge in [-0.25, -0.2) is 4.79 Å². The minimum atomic E-state index is -0.496. The molecule has 2 aliphatic heterocycles. The minimum Gasteiger partial charge on any atom is -0.454 e. The van der Waals surface area contributed by atoms with Crippen molar-refractivity contribution in [2.75, 3.05) is 13.2 Å². The number of esters is 1. The lowest BCUT2D eigenvalue weighted by molar-refractivity contribution is -0.147. The maximum Gasteiger partial charge on any atom is 0.330 e. The average Bonchev–Trinajstić information content (AvgIpc) is 2.80. The van der Waals surface area contributed by atoms with Crippen LogP contribution in [-0.2, 0) is 23.8 Å². The van der Waals surface area contributed by atoms with Crippen LogP contribution in [0.5, 0.6) is 0 Å². The first-order chi connectivity index (χ1) is 7.63. The van der Waals surface area contributed by atoms with Gasteiger partial charge in [0.1, 0.15) is 11.9 Å². The summed E-state index contributed by atoms with van der Waals surface area (Å²) in [6.07, 6.45) is 0.0721. The summed E-state index contributed by atoms with van der Waals surface area (Å²) in [6.45, 7) is 5.45. The molecule has 5 heteroatoms. The van der Waals surface area contributed by atoms with Gasteiger partial charge in [0, 0.05) is 6.08 Å². The van der Waals surface area contributed by atoms with Gasteiger partial charge in [0.15, 0.2) is 6.10 Å². The van der Waals surface area contributed by atoms with Gasteiger partial charge in [0.2, 0.25) is 0 Å². The summed E-state index contributed by atoms with van der Waals surface area (Å²) in [4.78, 5) is 22.3. The lowest BCUT2D eigenvalue weighted by Gasteiger charge is -2.15. The van der Waals surface area contributed by atoms with Crippen LogP contribution in [0.4, 0.5) is 0 Å². The Balaban J connectivity index is 2.00. The van der Waals surface area contributed by atoms with Crippen molar-refractivity contribution in [2.45, 2.75) is 25.2 Å². The quantitative estimate of drug-likeness (QED) is 0.504. The van der Waals surface area contributed by atoms with Crippen molar-refractivity contribution in [1.82, 2.24) is 0 Å². The summed E-state index contributed by atoms with van der Waals surface area (Å²) in [5, 5.41) is 0. The Morgan fingerprint density at radius 1 is 1.31 bits per heavy atom. The first kappa shape index (κ1) is 11.3. The molecule has 0 aliphatic carbocycles. The molecule has 0 aromatic rings. The predicted octanol–water partition coefficient (Wildman–Crippen LogP) is 0.0870. The Kier molecular flexibility index (Phi) is 3.07. The van der Waals surface area contributed by atoms with Crippen LogP contribution in [0.25, 0.3) is 0 Å². The van der Waals surface area contributed by atoms with E-state index < -0.39 is 12.1 Å². The molecule has 16 heavy (non-hydrogen) atoms. The van der Waals surface area contributed by atoms with E-state index in [-0.39, 0.29) is 30.5 Å². The van der Waals surface area contributed by atoms with Gasteiger partial charge in [-0.3, -0.25) is 4.79 Å². The first-order valence-corrected chi connectivity index (χ1v) is 5.20. The molecule has 0 saturated carbocycles. The van der Waals surface area contributed by atoms with E-state index in [1.54, 1.807) is 0 Å². The molecule has 88 valence electrons. The summed E-state index contributed by atoms with van der Waals surface area (Å²) < 4.78 is 16.0. The standard InChI is InChI=1S/C11H14O5/c1-3-9(13)16-8-5-15-10-7(6(2)12)4-14-11(8)10/h3,7-8,10-11H,1,4-5H2,2H3/t7-,8-,10-,11-/m1/s1. The Morgan fingerprint density at radius 3 is 2.62 bits per heavy atom. The van der Waals surface area contributed by atoms with Crippen LogP contribution in [0.1, 0.15) is 6.92 Å². The Bertz CT molecular complexity index is 324. The number of ether oxygens (including phenoxy) is 3. The van der Waals surface area contributed by atoms with Crippen LogP contribution in [-0.4, -0.2) is 43.3 Å². The molecule has 2 saturated heterocycles. The molecule has 0 aromatic carbocycles. The Labute approximate surface area is 93.4 Å². The van der Waals surface area contributed by atoms with E-state index in [0.717, 1.165) is 6.08 Å². The fourth-order valence-electron chi connectivity index (χ4n) is 2.11. The fourth-order valence-corrected chi connectivity index (χ4v) is 2.11. The normalized spacial score (nSPS) is 36.8. The van der Waals surface area contributed by atoms with Gasteiger partial charge in [-0.2, -0.15) is 0 Å². The number of hydrogen-bond acceptors (Lipinski definition) is 5. The number of hydrogen-bond donors (Lipinski definition) is 0. The molecule has 2 fully saturated rings. The van der Waals surface area contributed by atoms with Crippen LogP contribution in [0, 0.1) is 5.92 Å². The van der Waals surface area contributed by atoms with Crippen LogP contribution in [0.3, 0.4) is 0 Å². The van der Waals surface area contributed by atoms with Crippen molar-refractivity contribution in [1.29, 1.82) is 0 Å². The monoisotopic (exact) mass is 226 g/mol. The van der Waals surface area contributed by atoms with Crippen molar-refractivity contribution in [3.05, 3.63) is 12.7 Å². The smallest absolute Gasteiger partial charge is 0.330 e. The van der Waals surface area contributed by atoms with E-state index in [1.807, 2.05) is 0 Å². The molecule has 0 N–H and O–H groups in total. The fraction of sp³-hybridized carbons (Fsp3) is 0.636. The molecule has 2 rings (SSSR count). The van der Waals surface area contributed by atoms with Crippen molar-refractivity contribution < 1.29 is 23.8 Å². The van der Waals surface area contributed by atoms with Gasteiger partial charge in [0.05, 0.1) is 25.2 Å². The molecule has 5 nitrogen and oxygen atoms in total. The molecule has 0 radical (unpaired) electrons. The topological polar surface area (TPSA) is 61.8 Å². The summed E-state index contributed by atoms with van der Waals surface area (Å²) in [7, 11) is 0. The van der Waals surface area contributed by atoms with Crippen LogP contribution in [0.15, 0.2) is 12.7 Å². The summed E-state index contributed by atoms with van der Waals surface area (Å²) in [5.41, 5.74) is 0. The highest BCUT2D eigenvalue weighted by Crippen LogP contribution is 2.33. The number of fused-ring (bicyclic) bond motifs is 1. The lowest BCUT2D eigenvalue weighted by atomic mass is 9.98. The number of carbonyl (C=O) groups excluding carboxylic acids is 2. The second kappa shape index (κ2) is 4.35. The Hall–Kier alpha value is -1.20. The van der Waals surface area contributed by atoms with Gasteiger partial charge >= 0.3 is 5.97 Å². The lowest BCUT2D eigenvalue weighted by Crippen LogP contribution is -2.33. The second-order valence-corrected chi connectivity index (χ2v) is 3.99. The SMILES string of the molecule is C=CC(=O)O[C@@H]1CO[C@H]2[C@@H]1OC[C@@H]2C(C)=O. The number of ketones is 1. The van der Waals surface area contributed by atoms with Gasteiger partial charge in [-0.1, -0.05) is 6.58 Å². The predicted molar refractivity (Wildman–Crippen MR) is 53.7 cm³/mol.